The third-order valence-corrected chi connectivity index (χ3v) is 3.46. The lowest BCUT2D eigenvalue weighted by molar-refractivity contribution is -0.116. The van der Waals surface area contributed by atoms with E-state index in [1.165, 1.54) is 6.07 Å². The van der Waals surface area contributed by atoms with Crippen molar-refractivity contribution in [3.63, 3.8) is 0 Å². The van der Waals surface area contributed by atoms with Crippen molar-refractivity contribution in [1.82, 2.24) is 10.2 Å². The Hall–Kier alpha value is -1.79. The van der Waals surface area contributed by atoms with E-state index in [2.05, 4.69) is 10.2 Å². The molecule has 0 saturated carbocycles. The number of halogens is 2. The number of rotatable bonds is 6. The number of benzene rings is 1. The predicted octanol–water partition coefficient (Wildman–Crippen LogP) is 1.82. The highest BCUT2D eigenvalue weighted by molar-refractivity contribution is 5.91. The fourth-order valence-corrected chi connectivity index (χ4v) is 2.23. The van der Waals surface area contributed by atoms with Gasteiger partial charge >= 0.3 is 0 Å². The first-order valence-electron chi connectivity index (χ1n) is 7.37. The molecule has 4 nitrogen and oxygen atoms in total. The number of morpholine rings is 1. The van der Waals surface area contributed by atoms with E-state index >= 15 is 0 Å². The van der Waals surface area contributed by atoms with Crippen LogP contribution in [0.5, 0.6) is 0 Å². The fourth-order valence-electron chi connectivity index (χ4n) is 2.23. The van der Waals surface area contributed by atoms with Crippen molar-refractivity contribution in [2.24, 2.45) is 0 Å². The van der Waals surface area contributed by atoms with Gasteiger partial charge in [0.05, 0.1) is 13.2 Å². The molecular weight excluding hydrogens is 290 g/mol. The average molecular weight is 310 g/mol. The molecule has 1 aliphatic rings. The Morgan fingerprint density at radius 3 is 2.64 bits per heavy atom. The first kappa shape index (κ1) is 16.6. The van der Waals surface area contributed by atoms with Gasteiger partial charge in [0.15, 0.2) is 0 Å². The second-order valence-corrected chi connectivity index (χ2v) is 5.07. The Kier molecular flexibility index (Phi) is 6.48. The summed E-state index contributed by atoms with van der Waals surface area (Å²) in [5, 5.41) is 2.70. The van der Waals surface area contributed by atoms with Gasteiger partial charge in [0.2, 0.25) is 5.91 Å². The van der Waals surface area contributed by atoms with Crippen LogP contribution in [0.1, 0.15) is 12.0 Å². The Balaban J connectivity index is 1.70. The highest BCUT2D eigenvalue weighted by atomic mass is 19.1. The Labute approximate surface area is 128 Å². The number of hydrogen-bond acceptors (Lipinski definition) is 3. The number of ether oxygens (including phenoxy) is 1. The minimum Gasteiger partial charge on any atom is -0.379 e. The van der Waals surface area contributed by atoms with Crippen LogP contribution in [-0.4, -0.2) is 50.2 Å². The molecule has 0 radical (unpaired) electrons. The molecule has 120 valence electrons. The average Bonchev–Trinajstić information content (AvgIpc) is 2.52. The molecule has 0 bridgehead atoms. The topological polar surface area (TPSA) is 41.6 Å². The summed E-state index contributed by atoms with van der Waals surface area (Å²) in [6, 6.07) is 3.60. The lowest BCUT2D eigenvalue weighted by atomic mass is 10.2. The third-order valence-electron chi connectivity index (χ3n) is 3.46. The second-order valence-electron chi connectivity index (χ2n) is 5.07. The van der Waals surface area contributed by atoms with Gasteiger partial charge in [-0.2, -0.15) is 0 Å². The fraction of sp³-hybridized carbons (Fsp3) is 0.438. The summed E-state index contributed by atoms with van der Waals surface area (Å²) in [5.41, 5.74) is -0.203. The van der Waals surface area contributed by atoms with E-state index in [9.17, 15) is 13.6 Å². The van der Waals surface area contributed by atoms with E-state index in [0.29, 0.717) is 6.54 Å². The van der Waals surface area contributed by atoms with E-state index in [4.69, 9.17) is 4.74 Å². The van der Waals surface area contributed by atoms with Gasteiger partial charge in [0.25, 0.3) is 0 Å². The molecule has 1 fully saturated rings. The van der Waals surface area contributed by atoms with E-state index < -0.39 is 11.6 Å². The molecule has 0 atom stereocenters. The zero-order chi connectivity index (χ0) is 15.8. The van der Waals surface area contributed by atoms with Gasteiger partial charge in [-0.3, -0.25) is 9.69 Å². The minimum absolute atomic E-state index is 0.203. The normalized spacial score (nSPS) is 16.1. The van der Waals surface area contributed by atoms with E-state index in [1.807, 2.05) is 0 Å². The highest BCUT2D eigenvalue weighted by Crippen LogP contribution is 2.13. The molecule has 0 aromatic heterocycles. The molecule has 2 rings (SSSR count). The molecular formula is C16H20F2N2O2. The van der Waals surface area contributed by atoms with E-state index in [-0.39, 0.29) is 11.5 Å². The molecule has 0 spiro atoms. The molecule has 1 heterocycles. The van der Waals surface area contributed by atoms with E-state index in [1.54, 1.807) is 0 Å². The Morgan fingerprint density at radius 2 is 1.95 bits per heavy atom. The van der Waals surface area contributed by atoms with Gasteiger partial charge in [-0.25, -0.2) is 8.78 Å². The molecule has 22 heavy (non-hydrogen) atoms. The number of nitrogens with one attached hydrogen (secondary N) is 1. The molecule has 1 saturated heterocycles. The van der Waals surface area contributed by atoms with Crippen molar-refractivity contribution >= 4 is 12.0 Å². The zero-order valence-corrected chi connectivity index (χ0v) is 12.4. The summed E-state index contributed by atoms with van der Waals surface area (Å²) in [4.78, 5) is 13.9. The molecule has 0 unspecified atom stereocenters. The van der Waals surface area contributed by atoms with Gasteiger partial charge in [0, 0.05) is 31.3 Å². The van der Waals surface area contributed by atoms with Crippen LogP contribution in [0.15, 0.2) is 24.3 Å². The number of carbonyl (C=O) groups excluding carboxylic acids is 1. The van der Waals surface area contributed by atoms with Crippen LogP contribution in [0.25, 0.3) is 6.08 Å². The zero-order valence-electron chi connectivity index (χ0n) is 12.4. The van der Waals surface area contributed by atoms with Crippen molar-refractivity contribution in [3.8, 4) is 0 Å². The third kappa shape index (κ3) is 5.20. The molecule has 0 aliphatic carbocycles. The Morgan fingerprint density at radius 1 is 1.27 bits per heavy atom. The van der Waals surface area contributed by atoms with Crippen molar-refractivity contribution in [2.45, 2.75) is 6.42 Å². The molecule has 1 aromatic rings. The van der Waals surface area contributed by atoms with Crippen LogP contribution in [0, 0.1) is 11.6 Å². The molecule has 6 heteroatoms. The second kappa shape index (κ2) is 8.60. The van der Waals surface area contributed by atoms with Gasteiger partial charge in [-0.05, 0) is 31.2 Å². The van der Waals surface area contributed by atoms with Gasteiger partial charge in [-0.1, -0.05) is 6.07 Å². The highest BCUT2D eigenvalue weighted by Gasteiger charge is 2.09. The maximum atomic E-state index is 13.4. The predicted molar refractivity (Wildman–Crippen MR) is 80.3 cm³/mol. The standard InChI is InChI=1S/C16H20F2N2O2/c17-14-3-1-4-15(18)13(14)5-6-16(21)19-7-2-8-20-9-11-22-12-10-20/h1,3-6H,2,7-12H2,(H,19,21). The first-order valence-corrected chi connectivity index (χ1v) is 7.37. The summed E-state index contributed by atoms with van der Waals surface area (Å²) in [6.45, 7) is 4.77. The monoisotopic (exact) mass is 310 g/mol. The number of carbonyl (C=O) groups is 1. The quantitative estimate of drug-likeness (QED) is 0.644. The SMILES string of the molecule is O=C(C=Cc1c(F)cccc1F)NCCCN1CCOCC1. The van der Waals surface area contributed by atoms with Crippen molar-refractivity contribution in [2.75, 3.05) is 39.4 Å². The smallest absolute Gasteiger partial charge is 0.244 e. The summed E-state index contributed by atoms with van der Waals surface area (Å²) in [7, 11) is 0. The Bertz CT molecular complexity index is 509. The van der Waals surface area contributed by atoms with Crippen LogP contribution in [-0.2, 0) is 9.53 Å². The molecule has 1 N–H and O–H groups in total. The first-order chi connectivity index (χ1) is 10.7. The number of nitrogens with zero attached hydrogens (tertiary/aromatic N) is 1. The summed E-state index contributed by atoms with van der Waals surface area (Å²) in [5.74, 6) is -1.72. The van der Waals surface area contributed by atoms with Crippen LogP contribution in [0.3, 0.4) is 0 Å². The van der Waals surface area contributed by atoms with Crippen molar-refractivity contribution in [3.05, 3.63) is 41.5 Å². The number of hydrogen-bond donors (Lipinski definition) is 1. The van der Waals surface area contributed by atoms with Gasteiger partial charge in [-0.15, -0.1) is 0 Å². The maximum absolute atomic E-state index is 13.4. The van der Waals surface area contributed by atoms with Crippen LogP contribution < -0.4 is 5.32 Å². The number of amides is 1. The van der Waals surface area contributed by atoms with Crippen molar-refractivity contribution in [1.29, 1.82) is 0 Å². The summed E-state index contributed by atoms with van der Waals surface area (Å²) < 4.78 is 32.0. The van der Waals surface area contributed by atoms with E-state index in [0.717, 1.165) is 63.6 Å². The maximum Gasteiger partial charge on any atom is 0.244 e. The summed E-state index contributed by atoms with van der Waals surface area (Å²) >= 11 is 0. The van der Waals surface area contributed by atoms with Gasteiger partial charge < -0.3 is 10.1 Å². The van der Waals surface area contributed by atoms with Crippen LogP contribution in [0.2, 0.25) is 0 Å². The van der Waals surface area contributed by atoms with Crippen molar-refractivity contribution < 1.29 is 18.3 Å². The lowest BCUT2D eigenvalue weighted by Crippen LogP contribution is -2.38. The van der Waals surface area contributed by atoms with Gasteiger partial charge in [0.1, 0.15) is 11.6 Å². The molecule has 1 aromatic carbocycles. The molecule has 1 amide bonds. The molecule has 1 aliphatic heterocycles. The largest absolute Gasteiger partial charge is 0.379 e. The minimum atomic E-state index is -0.684. The van der Waals surface area contributed by atoms with Crippen LogP contribution in [0.4, 0.5) is 8.78 Å². The summed E-state index contributed by atoms with van der Waals surface area (Å²) in [6.07, 6.45) is 3.13. The lowest BCUT2D eigenvalue weighted by Gasteiger charge is -2.26. The van der Waals surface area contributed by atoms with Crippen LogP contribution >= 0.6 is 0 Å².